The maximum atomic E-state index is 11.7. The first-order valence-electron chi connectivity index (χ1n) is 6.60. The minimum atomic E-state index is -0.0227. The van der Waals surface area contributed by atoms with Gasteiger partial charge in [-0.1, -0.05) is 29.3 Å². The summed E-state index contributed by atoms with van der Waals surface area (Å²) in [5, 5.41) is 12.7. The smallest absolute Gasteiger partial charge is 0.234 e. The zero-order valence-corrected chi connectivity index (χ0v) is 13.0. The van der Waals surface area contributed by atoms with E-state index in [9.17, 15) is 4.79 Å². The molecule has 1 aromatic carbocycles. The quantitative estimate of drug-likeness (QED) is 0.773. The summed E-state index contributed by atoms with van der Waals surface area (Å²) in [4.78, 5) is 13.6. The molecule has 0 spiro atoms. The number of hydrogen-bond donors (Lipinski definition) is 2. The van der Waals surface area contributed by atoms with Gasteiger partial charge in [-0.05, 0) is 31.0 Å². The van der Waals surface area contributed by atoms with Crippen LogP contribution in [-0.4, -0.2) is 42.2 Å². The normalized spacial score (nSPS) is 10.8. The molecule has 1 aromatic rings. The van der Waals surface area contributed by atoms with Gasteiger partial charge >= 0.3 is 0 Å². The minimum absolute atomic E-state index is 0.0227. The standard InChI is InChI=1S/C14H20Cl2N2O2/c1-2-17-14(20)10-18(6-3-7-19)9-11-4-5-12(15)13(16)8-11/h4-5,8,19H,2-3,6-7,9-10H2,1H3,(H,17,20). The van der Waals surface area contributed by atoms with Crippen LogP contribution in [0.25, 0.3) is 0 Å². The molecule has 0 radical (unpaired) electrons. The molecule has 0 aliphatic carbocycles. The monoisotopic (exact) mass is 318 g/mol. The molecule has 2 N–H and O–H groups in total. The van der Waals surface area contributed by atoms with E-state index in [0.29, 0.717) is 42.6 Å². The molecule has 0 saturated heterocycles. The Balaban J connectivity index is 2.67. The first-order valence-corrected chi connectivity index (χ1v) is 7.36. The lowest BCUT2D eigenvalue weighted by molar-refractivity contribution is -0.122. The highest BCUT2D eigenvalue weighted by molar-refractivity contribution is 6.42. The van der Waals surface area contributed by atoms with Crippen LogP contribution in [0.15, 0.2) is 18.2 Å². The van der Waals surface area contributed by atoms with Crippen LogP contribution in [0, 0.1) is 0 Å². The van der Waals surface area contributed by atoms with Crippen LogP contribution in [-0.2, 0) is 11.3 Å². The molecule has 0 aliphatic rings. The molecule has 6 heteroatoms. The Morgan fingerprint density at radius 1 is 1.35 bits per heavy atom. The Hall–Kier alpha value is -0.810. The van der Waals surface area contributed by atoms with E-state index in [0.717, 1.165) is 5.56 Å². The van der Waals surface area contributed by atoms with Crippen LogP contribution in [0.2, 0.25) is 10.0 Å². The molecule has 0 fully saturated rings. The third kappa shape index (κ3) is 6.09. The number of nitrogens with zero attached hydrogens (tertiary/aromatic N) is 1. The summed E-state index contributed by atoms with van der Waals surface area (Å²) in [6, 6.07) is 5.43. The van der Waals surface area contributed by atoms with Crippen LogP contribution < -0.4 is 5.32 Å². The molecule has 0 aromatic heterocycles. The molecule has 0 aliphatic heterocycles. The second-order valence-corrected chi connectivity index (χ2v) is 5.30. The van der Waals surface area contributed by atoms with Gasteiger partial charge in [0.25, 0.3) is 0 Å². The van der Waals surface area contributed by atoms with Crippen molar-refractivity contribution in [1.29, 1.82) is 0 Å². The highest BCUT2D eigenvalue weighted by Crippen LogP contribution is 2.23. The summed E-state index contributed by atoms with van der Waals surface area (Å²) < 4.78 is 0. The fourth-order valence-corrected chi connectivity index (χ4v) is 2.18. The van der Waals surface area contributed by atoms with E-state index < -0.39 is 0 Å². The predicted octanol–water partition coefficient (Wildman–Crippen LogP) is 2.31. The van der Waals surface area contributed by atoms with Gasteiger partial charge in [0.05, 0.1) is 16.6 Å². The zero-order chi connectivity index (χ0) is 15.0. The largest absolute Gasteiger partial charge is 0.396 e. The van der Waals surface area contributed by atoms with Crippen LogP contribution in [0.1, 0.15) is 18.9 Å². The highest BCUT2D eigenvalue weighted by Gasteiger charge is 2.11. The maximum absolute atomic E-state index is 11.7. The van der Waals surface area contributed by atoms with Crippen molar-refractivity contribution in [3.05, 3.63) is 33.8 Å². The van der Waals surface area contributed by atoms with Crippen molar-refractivity contribution in [2.24, 2.45) is 0 Å². The number of carbonyl (C=O) groups excluding carboxylic acids is 1. The molecule has 0 atom stereocenters. The molecule has 112 valence electrons. The highest BCUT2D eigenvalue weighted by atomic mass is 35.5. The number of amides is 1. The first-order chi connectivity index (χ1) is 9.56. The molecule has 0 saturated carbocycles. The van der Waals surface area contributed by atoms with Crippen molar-refractivity contribution in [3.63, 3.8) is 0 Å². The van der Waals surface area contributed by atoms with E-state index >= 15 is 0 Å². The summed E-state index contributed by atoms with van der Waals surface area (Å²) in [6.45, 7) is 4.14. The third-order valence-electron chi connectivity index (χ3n) is 2.76. The number of hydrogen-bond acceptors (Lipinski definition) is 3. The van der Waals surface area contributed by atoms with E-state index in [1.807, 2.05) is 17.9 Å². The average Bonchev–Trinajstić information content (AvgIpc) is 2.40. The molecule has 4 nitrogen and oxygen atoms in total. The molecule has 1 amide bonds. The van der Waals surface area contributed by atoms with Gasteiger partial charge in [-0.25, -0.2) is 0 Å². The topological polar surface area (TPSA) is 52.6 Å². The van der Waals surface area contributed by atoms with Crippen molar-refractivity contribution >= 4 is 29.1 Å². The van der Waals surface area contributed by atoms with Crippen LogP contribution >= 0.6 is 23.2 Å². The number of rotatable bonds is 8. The Bertz CT molecular complexity index is 441. The van der Waals surface area contributed by atoms with Gasteiger partial charge in [0.1, 0.15) is 0 Å². The maximum Gasteiger partial charge on any atom is 0.234 e. The van der Waals surface area contributed by atoms with Crippen LogP contribution in [0.4, 0.5) is 0 Å². The molecular formula is C14H20Cl2N2O2. The SMILES string of the molecule is CCNC(=O)CN(CCCO)Cc1ccc(Cl)c(Cl)c1. The lowest BCUT2D eigenvalue weighted by Gasteiger charge is -2.21. The number of aliphatic hydroxyl groups is 1. The fraction of sp³-hybridized carbons (Fsp3) is 0.500. The summed E-state index contributed by atoms with van der Waals surface area (Å²) in [7, 11) is 0. The summed E-state index contributed by atoms with van der Waals surface area (Å²) in [5.74, 6) is -0.0227. The van der Waals surface area contributed by atoms with Gasteiger partial charge < -0.3 is 10.4 Å². The van der Waals surface area contributed by atoms with Crippen molar-refractivity contribution < 1.29 is 9.90 Å². The van der Waals surface area contributed by atoms with Gasteiger partial charge in [-0.2, -0.15) is 0 Å². The molecular weight excluding hydrogens is 299 g/mol. The Labute approximate surface area is 129 Å². The lowest BCUT2D eigenvalue weighted by atomic mass is 10.2. The second-order valence-electron chi connectivity index (χ2n) is 4.49. The van der Waals surface area contributed by atoms with Crippen LogP contribution in [0.3, 0.4) is 0 Å². The van der Waals surface area contributed by atoms with E-state index in [1.165, 1.54) is 0 Å². The molecule has 1 rings (SSSR count). The second kappa shape index (κ2) is 9.19. The first kappa shape index (κ1) is 17.2. The van der Waals surface area contributed by atoms with Gasteiger partial charge in [0.15, 0.2) is 0 Å². The predicted molar refractivity (Wildman–Crippen MR) is 82.1 cm³/mol. The van der Waals surface area contributed by atoms with Crippen molar-refractivity contribution in [1.82, 2.24) is 10.2 Å². The van der Waals surface area contributed by atoms with Gasteiger partial charge in [-0.3, -0.25) is 9.69 Å². The lowest BCUT2D eigenvalue weighted by Crippen LogP contribution is -2.37. The Morgan fingerprint density at radius 3 is 2.70 bits per heavy atom. The van der Waals surface area contributed by atoms with Crippen LogP contribution in [0.5, 0.6) is 0 Å². The van der Waals surface area contributed by atoms with E-state index in [4.69, 9.17) is 28.3 Å². The average molecular weight is 319 g/mol. The number of carbonyl (C=O) groups is 1. The van der Waals surface area contributed by atoms with Crippen molar-refractivity contribution in [2.45, 2.75) is 19.9 Å². The number of nitrogens with one attached hydrogen (secondary N) is 1. The number of aliphatic hydroxyl groups excluding tert-OH is 1. The molecule has 20 heavy (non-hydrogen) atoms. The summed E-state index contributed by atoms with van der Waals surface area (Å²) >= 11 is 11.9. The number of likely N-dealkylation sites (N-methyl/N-ethyl adjacent to an activating group) is 1. The van der Waals surface area contributed by atoms with Gasteiger partial charge in [0, 0.05) is 26.2 Å². The number of halogens is 2. The zero-order valence-electron chi connectivity index (χ0n) is 11.5. The summed E-state index contributed by atoms with van der Waals surface area (Å²) in [6.07, 6.45) is 0.626. The molecule has 0 bridgehead atoms. The fourth-order valence-electron chi connectivity index (χ4n) is 1.86. The Kier molecular flexibility index (Phi) is 7.92. The third-order valence-corrected chi connectivity index (χ3v) is 3.50. The van der Waals surface area contributed by atoms with Gasteiger partial charge in [-0.15, -0.1) is 0 Å². The van der Waals surface area contributed by atoms with E-state index in [2.05, 4.69) is 5.32 Å². The summed E-state index contributed by atoms with van der Waals surface area (Å²) in [5.41, 5.74) is 0.988. The van der Waals surface area contributed by atoms with Crippen molar-refractivity contribution in [2.75, 3.05) is 26.2 Å². The Morgan fingerprint density at radius 2 is 2.10 bits per heavy atom. The number of benzene rings is 1. The van der Waals surface area contributed by atoms with E-state index in [1.54, 1.807) is 12.1 Å². The molecule has 0 unspecified atom stereocenters. The van der Waals surface area contributed by atoms with Gasteiger partial charge in [0.2, 0.25) is 5.91 Å². The van der Waals surface area contributed by atoms with E-state index in [-0.39, 0.29) is 12.5 Å². The molecule has 0 heterocycles. The van der Waals surface area contributed by atoms with Crippen molar-refractivity contribution in [3.8, 4) is 0 Å². The minimum Gasteiger partial charge on any atom is -0.396 e.